The molecule has 2 aliphatic heterocycles. The van der Waals surface area contributed by atoms with Crippen molar-refractivity contribution in [2.75, 3.05) is 51.1 Å². The molecule has 0 aromatic heterocycles. The Hall–Kier alpha value is -1.34. The second kappa shape index (κ2) is 10.6. The number of hydrogen-bond acceptors (Lipinski definition) is 4. The molecule has 2 heterocycles. The number of carbonyl (C=O) groups is 2. The summed E-state index contributed by atoms with van der Waals surface area (Å²) in [5.41, 5.74) is 0.598. The molecular weight excluding hydrogens is 411 g/mol. The number of rotatable bonds is 5. The molecule has 1 aromatic rings. The molecule has 8 heteroatoms. The summed E-state index contributed by atoms with van der Waals surface area (Å²) in [5, 5.41) is 3.87. The van der Waals surface area contributed by atoms with Gasteiger partial charge in [-0.15, -0.1) is 0 Å². The normalized spacial score (nSPS) is 20.2. The predicted octanol–water partition coefficient (Wildman–Crippen LogP) is 3.34. The summed E-state index contributed by atoms with van der Waals surface area (Å²) in [4.78, 5) is 31.6. The van der Waals surface area contributed by atoms with E-state index < -0.39 is 0 Å². The minimum Gasteiger partial charge on any atom is -0.342 e. The molecule has 0 radical (unpaired) electrons. The summed E-state index contributed by atoms with van der Waals surface area (Å²) in [6, 6.07) is 4.74. The molecule has 2 amide bonds. The fourth-order valence-electron chi connectivity index (χ4n) is 3.96. The smallest absolute Gasteiger partial charge is 0.241 e. The molecule has 2 saturated heterocycles. The standard InChI is InChI=1S/C21H30Cl2N4O2/c1-16(21(29)24-19-13-17(22)12-18(23)14-19)26-10-8-25(9-11-26)15-20(28)27-6-4-2-3-5-7-27/h12-14,16H,2-11,15H2,1H3,(H,24,29)/t16-/m1/s1. The van der Waals surface area contributed by atoms with Crippen molar-refractivity contribution in [1.29, 1.82) is 0 Å². The fourth-order valence-corrected chi connectivity index (χ4v) is 4.48. The van der Waals surface area contributed by atoms with Crippen molar-refractivity contribution in [3.8, 4) is 0 Å². The van der Waals surface area contributed by atoms with Crippen molar-refractivity contribution in [2.24, 2.45) is 0 Å². The van der Waals surface area contributed by atoms with Crippen LogP contribution in [0.5, 0.6) is 0 Å². The van der Waals surface area contributed by atoms with Crippen LogP contribution in [0.15, 0.2) is 18.2 Å². The summed E-state index contributed by atoms with van der Waals surface area (Å²) in [5.74, 6) is 0.154. The average molecular weight is 441 g/mol. The molecule has 6 nitrogen and oxygen atoms in total. The van der Waals surface area contributed by atoms with Gasteiger partial charge in [0.1, 0.15) is 0 Å². The Morgan fingerprint density at radius 3 is 2.10 bits per heavy atom. The SMILES string of the molecule is C[C@H](C(=O)Nc1cc(Cl)cc(Cl)c1)N1CCN(CC(=O)N2CCCCCC2)CC1. The van der Waals surface area contributed by atoms with Gasteiger partial charge in [0, 0.05) is 55.0 Å². The largest absolute Gasteiger partial charge is 0.342 e. The molecule has 1 atom stereocenters. The maximum absolute atomic E-state index is 12.6. The zero-order valence-electron chi connectivity index (χ0n) is 17.0. The van der Waals surface area contributed by atoms with Crippen molar-refractivity contribution >= 4 is 40.7 Å². The van der Waals surface area contributed by atoms with Gasteiger partial charge in [-0.25, -0.2) is 0 Å². The van der Waals surface area contributed by atoms with Gasteiger partial charge < -0.3 is 10.2 Å². The summed E-state index contributed by atoms with van der Waals surface area (Å²) in [6.45, 7) is 7.28. The fraction of sp³-hybridized carbons (Fsp3) is 0.619. The van der Waals surface area contributed by atoms with Crippen LogP contribution in [0.25, 0.3) is 0 Å². The summed E-state index contributed by atoms with van der Waals surface area (Å²) < 4.78 is 0. The minimum absolute atomic E-state index is 0.0857. The van der Waals surface area contributed by atoms with Gasteiger partial charge in [0.05, 0.1) is 12.6 Å². The van der Waals surface area contributed by atoms with E-state index in [1.807, 2.05) is 11.8 Å². The number of anilines is 1. The number of nitrogens with zero attached hydrogens (tertiary/aromatic N) is 3. The van der Waals surface area contributed by atoms with Crippen LogP contribution < -0.4 is 5.32 Å². The van der Waals surface area contributed by atoms with Gasteiger partial charge >= 0.3 is 0 Å². The van der Waals surface area contributed by atoms with Crippen molar-refractivity contribution in [3.63, 3.8) is 0 Å². The highest BCUT2D eigenvalue weighted by atomic mass is 35.5. The zero-order valence-corrected chi connectivity index (χ0v) is 18.5. The van der Waals surface area contributed by atoms with E-state index in [0.29, 0.717) is 22.3 Å². The molecule has 2 aliphatic rings. The molecule has 0 aliphatic carbocycles. The summed E-state index contributed by atoms with van der Waals surface area (Å²) >= 11 is 12.0. The highest BCUT2D eigenvalue weighted by molar-refractivity contribution is 6.35. The third-order valence-corrected chi connectivity index (χ3v) is 6.22. The molecule has 2 fully saturated rings. The first-order chi connectivity index (χ1) is 13.9. The lowest BCUT2D eigenvalue weighted by molar-refractivity contribution is -0.133. The third-order valence-electron chi connectivity index (χ3n) is 5.78. The number of piperazine rings is 1. The van der Waals surface area contributed by atoms with Crippen molar-refractivity contribution in [2.45, 2.75) is 38.6 Å². The molecule has 1 N–H and O–H groups in total. The molecule has 29 heavy (non-hydrogen) atoms. The molecule has 0 saturated carbocycles. The van der Waals surface area contributed by atoms with Crippen molar-refractivity contribution < 1.29 is 9.59 Å². The third kappa shape index (κ3) is 6.57. The molecule has 160 valence electrons. The number of benzene rings is 1. The zero-order chi connectivity index (χ0) is 20.8. The minimum atomic E-state index is -0.267. The predicted molar refractivity (Wildman–Crippen MR) is 118 cm³/mol. The quantitative estimate of drug-likeness (QED) is 0.762. The number of hydrogen-bond donors (Lipinski definition) is 1. The van der Waals surface area contributed by atoms with Crippen LogP contribution in [0.3, 0.4) is 0 Å². The molecule has 0 bridgehead atoms. The van der Waals surface area contributed by atoms with Crippen LogP contribution in [0.1, 0.15) is 32.6 Å². The van der Waals surface area contributed by atoms with Crippen LogP contribution in [0, 0.1) is 0 Å². The van der Waals surface area contributed by atoms with E-state index in [1.165, 1.54) is 12.8 Å². The Bertz CT molecular complexity index is 694. The van der Waals surface area contributed by atoms with Crippen LogP contribution in [-0.4, -0.2) is 78.4 Å². The first kappa shape index (κ1) is 22.3. The van der Waals surface area contributed by atoms with E-state index >= 15 is 0 Å². The lowest BCUT2D eigenvalue weighted by Gasteiger charge is -2.37. The number of amides is 2. The molecule has 0 unspecified atom stereocenters. The van der Waals surface area contributed by atoms with Crippen LogP contribution in [0.4, 0.5) is 5.69 Å². The Morgan fingerprint density at radius 1 is 0.931 bits per heavy atom. The molecule has 1 aromatic carbocycles. The summed E-state index contributed by atoms with van der Waals surface area (Å²) in [7, 11) is 0. The van der Waals surface area contributed by atoms with Gasteiger partial charge in [0.2, 0.25) is 11.8 Å². The van der Waals surface area contributed by atoms with Crippen LogP contribution in [-0.2, 0) is 9.59 Å². The first-order valence-electron chi connectivity index (χ1n) is 10.4. The number of likely N-dealkylation sites (tertiary alicyclic amines) is 1. The van der Waals surface area contributed by atoms with Gasteiger partial charge in [-0.05, 0) is 38.0 Å². The van der Waals surface area contributed by atoms with Gasteiger partial charge in [-0.2, -0.15) is 0 Å². The Kier molecular flexibility index (Phi) is 8.18. The number of nitrogens with one attached hydrogen (secondary N) is 1. The summed E-state index contributed by atoms with van der Waals surface area (Å²) in [6.07, 6.45) is 4.68. The van der Waals surface area contributed by atoms with Crippen LogP contribution >= 0.6 is 23.2 Å². The molecular formula is C21H30Cl2N4O2. The Labute approximate surface area is 183 Å². The average Bonchev–Trinajstić information content (AvgIpc) is 2.97. The van der Waals surface area contributed by atoms with E-state index in [1.54, 1.807) is 18.2 Å². The lowest BCUT2D eigenvalue weighted by Crippen LogP contribution is -2.54. The highest BCUT2D eigenvalue weighted by Gasteiger charge is 2.27. The lowest BCUT2D eigenvalue weighted by atomic mass is 10.2. The molecule has 3 rings (SSSR count). The Morgan fingerprint density at radius 2 is 1.52 bits per heavy atom. The maximum atomic E-state index is 12.6. The van der Waals surface area contributed by atoms with E-state index in [2.05, 4.69) is 15.1 Å². The highest BCUT2D eigenvalue weighted by Crippen LogP contribution is 2.23. The Balaban J connectivity index is 1.45. The van der Waals surface area contributed by atoms with E-state index in [-0.39, 0.29) is 17.9 Å². The van der Waals surface area contributed by atoms with Gasteiger partial charge in [0.15, 0.2) is 0 Å². The van der Waals surface area contributed by atoms with Crippen LogP contribution in [0.2, 0.25) is 10.0 Å². The van der Waals surface area contributed by atoms with Gasteiger partial charge in [-0.1, -0.05) is 36.0 Å². The van der Waals surface area contributed by atoms with Gasteiger partial charge in [-0.3, -0.25) is 19.4 Å². The topological polar surface area (TPSA) is 55.9 Å². The van der Waals surface area contributed by atoms with E-state index in [4.69, 9.17) is 23.2 Å². The second-order valence-corrected chi connectivity index (χ2v) is 8.80. The first-order valence-corrected chi connectivity index (χ1v) is 11.2. The number of halogens is 2. The maximum Gasteiger partial charge on any atom is 0.241 e. The second-order valence-electron chi connectivity index (χ2n) is 7.93. The monoisotopic (exact) mass is 440 g/mol. The van der Waals surface area contributed by atoms with E-state index in [9.17, 15) is 9.59 Å². The van der Waals surface area contributed by atoms with E-state index in [0.717, 1.165) is 52.1 Å². The number of carbonyl (C=O) groups excluding carboxylic acids is 2. The van der Waals surface area contributed by atoms with Crippen molar-refractivity contribution in [1.82, 2.24) is 14.7 Å². The molecule has 0 spiro atoms. The van der Waals surface area contributed by atoms with Gasteiger partial charge in [0.25, 0.3) is 0 Å². The van der Waals surface area contributed by atoms with Crippen molar-refractivity contribution in [3.05, 3.63) is 28.2 Å².